The van der Waals surface area contributed by atoms with Crippen molar-refractivity contribution in [2.24, 2.45) is 0 Å². The quantitative estimate of drug-likeness (QED) is 0.496. The van der Waals surface area contributed by atoms with E-state index < -0.39 is 22.0 Å². The van der Waals surface area contributed by atoms with Gasteiger partial charge < -0.3 is 4.74 Å². The fourth-order valence-electron chi connectivity index (χ4n) is 2.73. The number of hydrogen-bond acceptors (Lipinski definition) is 6. The molecule has 0 atom stereocenters. The largest absolute Gasteiger partial charge is 0.386 e. The lowest BCUT2D eigenvalue weighted by Crippen LogP contribution is -2.20. The van der Waals surface area contributed by atoms with Crippen LogP contribution in [-0.2, 0) is 14.8 Å². The maximum absolute atomic E-state index is 12.6. The van der Waals surface area contributed by atoms with Crippen molar-refractivity contribution in [3.05, 3.63) is 56.2 Å². The van der Waals surface area contributed by atoms with Crippen LogP contribution in [0.1, 0.15) is 20.7 Å². The van der Waals surface area contributed by atoms with E-state index in [2.05, 4.69) is 4.72 Å². The number of carbonyl (C=O) groups excluding carboxylic acids is 2. The van der Waals surface area contributed by atoms with E-state index in [9.17, 15) is 18.0 Å². The number of hydrogen-bond donors (Lipinski definition) is 1. The van der Waals surface area contributed by atoms with Gasteiger partial charge in [0.05, 0.1) is 21.2 Å². The van der Waals surface area contributed by atoms with E-state index in [1.165, 1.54) is 24.3 Å². The standard InChI is InChI=1S/C16H7Cl2NO5S2/c17-12-6-11(14(18)25-12)26(22,23)19-8-4-7-2-1-3-9-13(7)10(5-8)16(21)24-15(9)20/h1-6,19H. The molecule has 2 aromatic carbocycles. The normalized spacial score (nSPS) is 13.8. The van der Waals surface area contributed by atoms with Crippen LogP contribution in [0.15, 0.2) is 41.3 Å². The highest BCUT2D eigenvalue weighted by molar-refractivity contribution is 7.93. The first kappa shape index (κ1) is 17.3. The lowest BCUT2D eigenvalue weighted by molar-refractivity contribution is 0.0391. The summed E-state index contributed by atoms with van der Waals surface area (Å²) in [6, 6.07) is 8.91. The summed E-state index contributed by atoms with van der Waals surface area (Å²) in [5.41, 5.74) is 0.485. The van der Waals surface area contributed by atoms with E-state index >= 15 is 0 Å². The van der Waals surface area contributed by atoms with Crippen LogP contribution in [0.25, 0.3) is 10.8 Å². The molecular formula is C16H7Cl2NO5S2. The Balaban J connectivity index is 1.86. The van der Waals surface area contributed by atoms with Gasteiger partial charge in [0.2, 0.25) is 0 Å². The number of ether oxygens (including phenoxy) is 1. The van der Waals surface area contributed by atoms with Gasteiger partial charge in [-0.15, -0.1) is 11.3 Å². The summed E-state index contributed by atoms with van der Waals surface area (Å²) in [6.45, 7) is 0. The van der Waals surface area contributed by atoms with Gasteiger partial charge in [0, 0.05) is 5.39 Å². The summed E-state index contributed by atoms with van der Waals surface area (Å²) in [6.07, 6.45) is 0. The maximum Gasteiger partial charge on any atom is 0.346 e. The molecule has 6 nitrogen and oxygen atoms in total. The third kappa shape index (κ3) is 2.75. The molecule has 0 amide bonds. The summed E-state index contributed by atoms with van der Waals surface area (Å²) in [5, 5.41) is 0.949. The summed E-state index contributed by atoms with van der Waals surface area (Å²) in [5.74, 6) is -1.57. The molecule has 0 unspecified atom stereocenters. The summed E-state index contributed by atoms with van der Waals surface area (Å²) >= 11 is 12.7. The smallest absolute Gasteiger partial charge is 0.346 e. The van der Waals surface area contributed by atoms with Gasteiger partial charge in [-0.25, -0.2) is 18.0 Å². The minimum atomic E-state index is -4.01. The molecule has 2 heterocycles. The molecule has 0 fully saturated rings. The van der Waals surface area contributed by atoms with Crippen molar-refractivity contribution in [2.75, 3.05) is 4.72 Å². The molecule has 1 N–H and O–H groups in total. The number of carbonyl (C=O) groups is 2. The summed E-state index contributed by atoms with van der Waals surface area (Å²) < 4.78 is 32.5. The van der Waals surface area contributed by atoms with Gasteiger partial charge >= 0.3 is 11.9 Å². The zero-order valence-electron chi connectivity index (χ0n) is 12.6. The minimum Gasteiger partial charge on any atom is -0.386 e. The maximum atomic E-state index is 12.6. The average Bonchev–Trinajstić information content (AvgIpc) is 2.91. The predicted molar refractivity (Wildman–Crippen MR) is 98.8 cm³/mol. The number of cyclic esters (lactones) is 2. The van der Waals surface area contributed by atoms with Crippen molar-refractivity contribution in [1.29, 1.82) is 0 Å². The molecule has 0 saturated carbocycles. The van der Waals surface area contributed by atoms with Crippen molar-refractivity contribution in [2.45, 2.75) is 4.90 Å². The van der Waals surface area contributed by atoms with Crippen LogP contribution in [0.4, 0.5) is 5.69 Å². The first-order valence-corrected chi connectivity index (χ1v) is 10.1. The van der Waals surface area contributed by atoms with Crippen LogP contribution in [0.3, 0.4) is 0 Å². The van der Waals surface area contributed by atoms with Crippen LogP contribution >= 0.6 is 34.5 Å². The first-order valence-electron chi connectivity index (χ1n) is 7.07. The Morgan fingerprint density at radius 3 is 2.42 bits per heavy atom. The van der Waals surface area contributed by atoms with Crippen molar-refractivity contribution in [1.82, 2.24) is 0 Å². The summed E-state index contributed by atoms with van der Waals surface area (Å²) in [7, 11) is -4.01. The Bertz CT molecular complexity index is 1220. The number of nitrogens with one attached hydrogen (secondary N) is 1. The second kappa shape index (κ2) is 5.95. The molecule has 3 aromatic rings. The second-order valence-electron chi connectivity index (χ2n) is 5.40. The van der Waals surface area contributed by atoms with Crippen LogP contribution in [0, 0.1) is 0 Å². The summed E-state index contributed by atoms with van der Waals surface area (Å²) in [4.78, 5) is 23.8. The fourth-order valence-corrected chi connectivity index (χ4v) is 5.92. The van der Waals surface area contributed by atoms with Gasteiger partial charge in [0.1, 0.15) is 9.23 Å². The second-order valence-corrected chi connectivity index (χ2v) is 9.33. The molecule has 1 aliphatic rings. The predicted octanol–water partition coefficient (Wildman–Crippen LogP) is 4.32. The fraction of sp³-hybridized carbons (Fsp3) is 0. The Labute approximate surface area is 161 Å². The molecule has 4 rings (SSSR count). The molecule has 26 heavy (non-hydrogen) atoms. The average molecular weight is 428 g/mol. The van der Waals surface area contributed by atoms with Crippen molar-refractivity contribution in [3.8, 4) is 0 Å². The van der Waals surface area contributed by atoms with Crippen molar-refractivity contribution in [3.63, 3.8) is 0 Å². The third-order valence-corrected chi connectivity index (χ3v) is 6.90. The van der Waals surface area contributed by atoms with E-state index in [1.54, 1.807) is 12.1 Å². The van der Waals surface area contributed by atoms with E-state index in [0.29, 0.717) is 10.8 Å². The highest BCUT2D eigenvalue weighted by Gasteiger charge is 2.28. The number of benzene rings is 2. The van der Waals surface area contributed by atoms with Crippen LogP contribution < -0.4 is 4.72 Å². The molecule has 132 valence electrons. The van der Waals surface area contributed by atoms with Gasteiger partial charge in [-0.2, -0.15) is 0 Å². The number of anilines is 1. The highest BCUT2D eigenvalue weighted by Crippen LogP contribution is 2.36. The third-order valence-electron chi connectivity index (χ3n) is 3.77. The molecular weight excluding hydrogens is 421 g/mol. The molecule has 10 heteroatoms. The van der Waals surface area contributed by atoms with Gasteiger partial charge in [0.25, 0.3) is 10.0 Å². The van der Waals surface area contributed by atoms with Gasteiger partial charge in [0.15, 0.2) is 0 Å². The number of rotatable bonds is 3. The first-order chi connectivity index (χ1) is 12.3. The van der Waals surface area contributed by atoms with Gasteiger partial charge in [-0.05, 0) is 29.7 Å². The van der Waals surface area contributed by atoms with Crippen molar-refractivity contribution >= 4 is 73.0 Å². The van der Waals surface area contributed by atoms with Gasteiger partial charge in [-0.3, -0.25) is 4.72 Å². The minimum absolute atomic E-state index is 0.0249. The van der Waals surface area contributed by atoms with Crippen LogP contribution in [0.2, 0.25) is 8.67 Å². The van der Waals surface area contributed by atoms with Gasteiger partial charge in [-0.1, -0.05) is 35.3 Å². The Morgan fingerprint density at radius 1 is 1.00 bits per heavy atom. The molecule has 0 saturated heterocycles. The number of sulfonamides is 1. The number of halogens is 2. The highest BCUT2D eigenvalue weighted by atomic mass is 35.5. The topological polar surface area (TPSA) is 89.5 Å². The van der Waals surface area contributed by atoms with Crippen molar-refractivity contribution < 1.29 is 22.7 Å². The lowest BCUT2D eigenvalue weighted by atomic mass is 9.97. The number of esters is 2. The zero-order chi connectivity index (χ0) is 18.6. The zero-order valence-corrected chi connectivity index (χ0v) is 15.7. The SMILES string of the molecule is O=C1OC(=O)c2cc(NS(=O)(=O)c3cc(Cl)sc3Cl)cc3cccc1c23. The number of thiophene rings is 1. The Kier molecular flexibility index (Phi) is 3.96. The molecule has 1 aliphatic heterocycles. The molecule has 0 bridgehead atoms. The van der Waals surface area contributed by atoms with E-state index in [1.807, 2.05) is 0 Å². The van der Waals surface area contributed by atoms with E-state index in [-0.39, 0.29) is 30.4 Å². The molecule has 0 spiro atoms. The Hall–Kier alpha value is -2.13. The lowest BCUT2D eigenvalue weighted by Gasteiger charge is -2.17. The molecule has 1 aromatic heterocycles. The monoisotopic (exact) mass is 427 g/mol. The Morgan fingerprint density at radius 2 is 1.73 bits per heavy atom. The molecule has 0 radical (unpaired) electrons. The van der Waals surface area contributed by atoms with E-state index in [0.717, 1.165) is 11.3 Å². The van der Waals surface area contributed by atoms with Crippen LogP contribution in [0.5, 0.6) is 0 Å². The molecule has 0 aliphatic carbocycles. The van der Waals surface area contributed by atoms with E-state index in [4.69, 9.17) is 27.9 Å². The van der Waals surface area contributed by atoms with Crippen LogP contribution in [-0.4, -0.2) is 20.4 Å².